The molecule has 2 unspecified atom stereocenters. The van der Waals surface area contributed by atoms with Crippen LogP contribution in [-0.4, -0.2) is 18.6 Å². The van der Waals surface area contributed by atoms with Gasteiger partial charge in [-0.25, -0.2) is 0 Å². The van der Waals surface area contributed by atoms with E-state index in [-0.39, 0.29) is 0 Å². The average Bonchev–Trinajstić information content (AvgIpc) is 2.63. The van der Waals surface area contributed by atoms with Gasteiger partial charge < -0.3 is 5.32 Å². The van der Waals surface area contributed by atoms with Crippen LogP contribution in [-0.2, 0) is 5.41 Å². The maximum absolute atomic E-state index is 4.11. The summed E-state index contributed by atoms with van der Waals surface area (Å²) in [5.74, 6) is 0.771. The average molecular weight is 204 g/mol. The third-order valence-electron chi connectivity index (χ3n) is 3.95. The van der Waals surface area contributed by atoms with Crippen LogP contribution in [0, 0.1) is 5.92 Å². The summed E-state index contributed by atoms with van der Waals surface area (Å²) >= 11 is 0. The van der Waals surface area contributed by atoms with E-state index >= 15 is 0 Å². The fourth-order valence-electron chi connectivity index (χ4n) is 3.04. The van der Waals surface area contributed by atoms with Crippen LogP contribution in [0.25, 0.3) is 0 Å². The predicted molar refractivity (Wildman–Crippen MR) is 62.9 cm³/mol. The molecule has 1 fully saturated rings. The van der Waals surface area contributed by atoms with Crippen molar-refractivity contribution in [3.8, 4) is 0 Å². The van der Waals surface area contributed by atoms with E-state index in [2.05, 4.69) is 29.4 Å². The van der Waals surface area contributed by atoms with E-state index in [1.54, 1.807) is 0 Å². The summed E-state index contributed by atoms with van der Waals surface area (Å²) in [6, 6.07) is 4.36. The Morgan fingerprint density at radius 3 is 2.73 bits per heavy atom. The zero-order valence-corrected chi connectivity index (χ0v) is 9.66. The molecule has 1 aromatic heterocycles. The van der Waals surface area contributed by atoms with Gasteiger partial charge >= 0.3 is 0 Å². The molecule has 1 heterocycles. The van der Waals surface area contributed by atoms with Crippen LogP contribution in [0.1, 0.15) is 31.7 Å². The second-order valence-electron chi connectivity index (χ2n) is 4.72. The molecule has 0 aliphatic heterocycles. The minimum atomic E-state index is 0.345. The van der Waals surface area contributed by atoms with Crippen molar-refractivity contribution < 1.29 is 0 Å². The van der Waals surface area contributed by atoms with Gasteiger partial charge in [0.2, 0.25) is 0 Å². The molecule has 2 atom stereocenters. The Labute approximate surface area is 92.1 Å². The Hall–Kier alpha value is -0.890. The van der Waals surface area contributed by atoms with Crippen LogP contribution in [0.15, 0.2) is 24.5 Å². The van der Waals surface area contributed by atoms with Crippen molar-refractivity contribution in [3.05, 3.63) is 30.1 Å². The van der Waals surface area contributed by atoms with Crippen LogP contribution in [0.3, 0.4) is 0 Å². The molecule has 0 amide bonds. The Morgan fingerprint density at radius 2 is 2.20 bits per heavy atom. The highest BCUT2D eigenvalue weighted by molar-refractivity contribution is 5.26. The maximum atomic E-state index is 4.11. The number of hydrogen-bond donors (Lipinski definition) is 1. The van der Waals surface area contributed by atoms with Gasteiger partial charge in [0.25, 0.3) is 0 Å². The largest absolute Gasteiger partial charge is 0.319 e. The van der Waals surface area contributed by atoms with Crippen LogP contribution >= 0.6 is 0 Å². The summed E-state index contributed by atoms with van der Waals surface area (Å²) in [7, 11) is 2.05. The summed E-state index contributed by atoms with van der Waals surface area (Å²) in [4.78, 5) is 4.11. The van der Waals surface area contributed by atoms with Gasteiger partial charge in [-0.2, -0.15) is 0 Å². The van der Waals surface area contributed by atoms with Crippen LogP contribution in [0.5, 0.6) is 0 Å². The van der Waals surface area contributed by atoms with E-state index in [1.807, 2.05) is 19.4 Å². The van der Waals surface area contributed by atoms with Gasteiger partial charge in [-0.05, 0) is 43.5 Å². The first-order valence-electron chi connectivity index (χ1n) is 5.85. The van der Waals surface area contributed by atoms with Crippen molar-refractivity contribution in [2.75, 3.05) is 13.6 Å². The van der Waals surface area contributed by atoms with Gasteiger partial charge in [-0.1, -0.05) is 13.3 Å². The van der Waals surface area contributed by atoms with Gasteiger partial charge in [0.1, 0.15) is 0 Å². The van der Waals surface area contributed by atoms with Gasteiger partial charge in [-0.3, -0.25) is 4.98 Å². The van der Waals surface area contributed by atoms with Gasteiger partial charge in [-0.15, -0.1) is 0 Å². The molecular weight excluding hydrogens is 184 g/mol. The molecule has 15 heavy (non-hydrogen) atoms. The van der Waals surface area contributed by atoms with Crippen molar-refractivity contribution in [2.24, 2.45) is 5.92 Å². The van der Waals surface area contributed by atoms with E-state index in [0.717, 1.165) is 12.5 Å². The molecule has 2 nitrogen and oxygen atoms in total. The van der Waals surface area contributed by atoms with Crippen molar-refractivity contribution in [3.63, 3.8) is 0 Å². The van der Waals surface area contributed by atoms with Gasteiger partial charge in [0.05, 0.1) is 0 Å². The fraction of sp³-hybridized carbons (Fsp3) is 0.615. The third kappa shape index (κ3) is 1.78. The highest BCUT2D eigenvalue weighted by Crippen LogP contribution is 2.44. The SMILES string of the molecule is CNCC1(c2ccncc2)CCCC1C. The number of pyridine rings is 1. The number of hydrogen-bond acceptors (Lipinski definition) is 2. The molecule has 1 aliphatic rings. The monoisotopic (exact) mass is 204 g/mol. The lowest BCUT2D eigenvalue weighted by atomic mass is 9.73. The fourth-order valence-corrected chi connectivity index (χ4v) is 3.04. The number of rotatable bonds is 3. The molecule has 82 valence electrons. The molecule has 2 rings (SSSR count). The number of aromatic nitrogens is 1. The molecule has 0 radical (unpaired) electrons. The smallest absolute Gasteiger partial charge is 0.0270 e. The lowest BCUT2D eigenvalue weighted by Crippen LogP contribution is -2.39. The molecule has 1 saturated carbocycles. The third-order valence-corrected chi connectivity index (χ3v) is 3.95. The summed E-state index contributed by atoms with van der Waals surface area (Å²) in [5.41, 5.74) is 1.80. The van der Waals surface area contributed by atoms with Gasteiger partial charge in [0.15, 0.2) is 0 Å². The number of nitrogens with one attached hydrogen (secondary N) is 1. The molecule has 1 aliphatic carbocycles. The van der Waals surface area contributed by atoms with Gasteiger partial charge in [0, 0.05) is 24.4 Å². The highest BCUT2D eigenvalue weighted by atomic mass is 14.8. The number of nitrogens with zero attached hydrogens (tertiary/aromatic N) is 1. The standard InChI is InChI=1S/C13H20N2/c1-11-4-3-7-13(11,10-14-2)12-5-8-15-9-6-12/h5-6,8-9,11,14H,3-4,7,10H2,1-2H3. The summed E-state index contributed by atoms with van der Waals surface area (Å²) in [5, 5.41) is 3.36. The summed E-state index contributed by atoms with van der Waals surface area (Å²) in [6.45, 7) is 3.46. The van der Waals surface area contributed by atoms with Crippen molar-refractivity contribution in [1.29, 1.82) is 0 Å². The molecule has 2 heteroatoms. The minimum absolute atomic E-state index is 0.345. The Balaban J connectivity index is 2.34. The topological polar surface area (TPSA) is 24.9 Å². The van der Waals surface area contributed by atoms with Crippen molar-refractivity contribution in [1.82, 2.24) is 10.3 Å². The minimum Gasteiger partial charge on any atom is -0.319 e. The molecule has 0 spiro atoms. The maximum Gasteiger partial charge on any atom is 0.0270 e. The Kier molecular flexibility index (Phi) is 3.06. The first-order chi connectivity index (χ1) is 7.29. The van der Waals surface area contributed by atoms with Crippen molar-refractivity contribution in [2.45, 2.75) is 31.6 Å². The molecular formula is C13H20N2. The Bertz CT molecular complexity index is 310. The summed E-state index contributed by atoms with van der Waals surface area (Å²) in [6.07, 6.45) is 7.84. The molecule has 1 aromatic rings. The lowest BCUT2D eigenvalue weighted by Gasteiger charge is -2.34. The predicted octanol–water partition coefficient (Wildman–Crippen LogP) is 2.36. The summed E-state index contributed by atoms with van der Waals surface area (Å²) < 4.78 is 0. The normalized spacial score (nSPS) is 30.7. The molecule has 0 saturated heterocycles. The first kappa shape index (κ1) is 10.6. The molecule has 0 aromatic carbocycles. The second kappa shape index (κ2) is 4.31. The number of likely N-dealkylation sites (N-methyl/N-ethyl adjacent to an activating group) is 1. The van der Waals surface area contributed by atoms with E-state index in [1.165, 1.54) is 24.8 Å². The zero-order valence-electron chi connectivity index (χ0n) is 9.66. The first-order valence-corrected chi connectivity index (χ1v) is 5.85. The van der Waals surface area contributed by atoms with E-state index < -0.39 is 0 Å². The molecule has 1 N–H and O–H groups in total. The van der Waals surface area contributed by atoms with Crippen LogP contribution < -0.4 is 5.32 Å². The molecule has 0 bridgehead atoms. The van der Waals surface area contributed by atoms with E-state index in [4.69, 9.17) is 0 Å². The van der Waals surface area contributed by atoms with Crippen LogP contribution in [0.4, 0.5) is 0 Å². The second-order valence-corrected chi connectivity index (χ2v) is 4.72. The quantitative estimate of drug-likeness (QED) is 0.817. The zero-order chi connectivity index (χ0) is 10.7. The van der Waals surface area contributed by atoms with E-state index in [0.29, 0.717) is 5.41 Å². The van der Waals surface area contributed by atoms with Crippen LogP contribution in [0.2, 0.25) is 0 Å². The Morgan fingerprint density at radius 1 is 1.47 bits per heavy atom. The van der Waals surface area contributed by atoms with Crippen molar-refractivity contribution >= 4 is 0 Å². The lowest BCUT2D eigenvalue weighted by molar-refractivity contribution is 0.326. The highest BCUT2D eigenvalue weighted by Gasteiger charge is 2.40. The van der Waals surface area contributed by atoms with E-state index in [9.17, 15) is 0 Å².